The number of hydrogen-bond donors (Lipinski definition) is 1. The number of nitrogens with zero attached hydrogens (tertiary/aromatic N) is 3. The summed E-state index contributed by atoms with van der Waals surface area (Å²) >= 11 is 0. The SMILES string of the molecule is COC[C@@H]1CN(CCN2CCN(C(=O)c3cc(C(F)(F)F)cc(C(F)(F)F)c3)C(Cc3ccc(C)c(O)c3)C2)[C@@H](C)CO1.Cl.Cl. The van der Waals surface area contributed by atoms with Crippen molar-refractivity contribution in [2.75, 3.05) is 59.6 Å². The molecular weight excluding hydrogens is 651 g/mol. The lowest BCUT2D eigenvalue weighted by atomic mass is 9.98. The minimum atomic E-state index is -5.06. The fourth-order valence-electron chi connectivity index (χ4n) is 5.61. The van der Waals surface area contributed by atoms with Crippen molar-refractivity contribution in [2.24, 2.45) is 0 Å². The van der Waals surface area contributed by atoms with E-state index in [4.69, 9.17) is 9.47 Å². The van der Waals surface area contributed by atoms with Gasteiger partial charge in [-0.1, -0.05) is 12.1 Å². The summed E-state index contributed by atoms with van der Waals surface area (Å²) in [6, 6.07) is 5.68. The maximum Gasteiger partial charge on any atom is 0.416 e. The fourth-order valence-corrected chi connectivity index (χ4v) is 5.61. The number of carbonyl (C=O) groups excluding carboxylic acids is 1. The Kier molecular flexibility index (Phi) is 13.8. The third-order valence-corrected chi connectivity index (χ3v) is 8.10. The molecule has 254 valence electrons. The Labute approximate surface area is 271 Å². The average Bonchev–Trinajstić information content (AvgIpc) is 2.94. The number of carbonyl (C=O) groups is 1. The summed E-state index contributed by atoms with van der Waals surface area (Å²) in [5, 5.41) is 10.2. The zero-order chi connectivity index (χ0) is 31.5. The molecule has 2 aliphatic heterocycles. The van der Waals surface area contributed by atoms with E-state index in [-0.39, 0.29) is 61.7 Å². The normalized spacial score (nSPS) is 21.6. The highest BCUT2D eigenvalue weighted by Crippen LogP contribution is 2.37. The predicted molar refractivity (Wildman–Crippen MR) is 161 cm³/mol. The Morgan fingerprint density at radius 2 is 1.62 bits per heavy atom. The molecule has 0 spiro atoms. The molecule has 0 aliphatic carbocycles. The summed E-state index contributed by atoms with van der Waals surface area (Å²) < 4.78 is 92.2. The van der Waals surface area contributed by atoms with Crippen LogP contribution in [-0.2, 0) is 28.2 Å². The van der Waals surface area contributed by atoms with Crippen molar-refractivity contribution in [3.05, 3.63) is 64.2 Å². The van der Waals surface area contributed by atoms with Crippen LogP contribution in [0, 0.1) is 6.92 Å². The van der Waals surface area contributed by atoms with Crippen molar-refractivity contribution in [1.29, 1.82) is 0 Å². The Morgan fingerprint density at radius 1 is 0.978 bits per heavy atom. The number of ether oxygens (including phenoxy) is 2. The molecular formula is C30H39Cl2F6N3O4. The Bertz CT molecular complexity index is 1250. The molecule has 1 unspecified atom stereocenters. The van der Waals surface area contributed by atoms with Gasteiger partial charge in [0.2, 0.25) is 0 Å². The molecule has 0 aromatic heterocycles. The number of aryl methyl sites for hydroxylation is 1. The molecule has 7 nitrogen and oxygen atoms in total. The minimum Gasteiger partial charge on any atom is -0.508 e. The van der Waals surface area contributed by atoms with Crippen LogP contribution in [0.2, 0.25) is 0 Å². The van der Waals surface area contributed by atoms with Gasteiger partial charge in [0, 0.05) is 64.0 Å². The molecule has 1 N–H and O–H groups in total. The summed E-state index contributed by atoms with van der Waals surface area (Å²) in [6.45, 7) is 7.74. The van der Waals surface area contributed by atoms with Crippen LogP contribution in [0.15, 0.2) is 36.4 Å². The first-order valence-corrected chi connectivity index (χ1v) is 14.1. The van der Waals surface area contributed by atoms with E-state index in [1.165, 1.54) is 4.90 Å². The maximum atomic E-state index is 13.6. The summed E-state index contributed by atoms with van der Waals surface area (Å²) in [5.74, 6) is -0.843. The van der Waals surface area contributed by atoms with Gasteiger partial charge < -0.3 is 19.5 Å². The van der Waals surface area contributed by atoms with E-state index in [1.807, 2.05) is 0 Å². The number of phenolic OH excluding ortho intramolecular Hbond substituents is 1. The Hall–Kier alpha value is -2.29. The molecule has 0 saturated carbocycles. The standard InChI is InChI=1S/C30H37F6N3O4.2ClH/c1-19-4-5-21(11-27(19)40)10-25-15-37(6-8-38-16-26(18-42-3)43-17-20(38)2)7-9-39(25)28(41)22-12-23(29(31,32)33)14-24(13-22)30(34,35)36;;/h4-5,11-14,20,25-26,40H,6-10,15-18H2,1-3H3;2*1H/t20-,25?,26-;;/m0../s1. The van der Waals surface area contributed by atoms with Gasteiger partial charge >= 0.3 is 12.4 Å². The zero-order valence-electron chi connectivity index (χ0n) is 25.2. The van der Waals surface area contributed by atoms with E-state index in [2.05, 4.69) is 16.7 Å². The molecule has 2 aromatic rings. The fraction of sp³-hybridized carbons (Fsp3) is 0.567. The predicted octanol–water partition coefficient (Wildman–Crippen LogP) is 5.69. The van der Waals surface area contributed by atoms with Gasteiger partial charge in [-0.05, 0) is 55.7 Å². The molecule has 3 atom stereocenters. The third-order valence-electron chi connectivity index (χ3n) is 8.10. The monoisotopic (exact) mass is 689 g/mol. The van der Waals surface area contributed by atoms with Crippen molar-refractivity contribution < 1.29 is 45.7 Å². The average molecular weight is 691 g/mol. The quantitative estimate of drug-likeness (QED) is 0.360. The highest BCUT2D eigenvalue weighted by molar-refractivity contribution is 5.95. The summed E-state index contributed by atoms with van der Waals surface area (Å²) in [7, 11) is 1.61. The van der Waals surface area contributed by atoms with Crippen LogP contribution < -0.4 is 0 Å². The number of benzene rings is 2. The van der Waals surface area contributed by atoms with Crippen LogP contribution in [0.4, 0.5) is 26.3 Å². The number of hydrogen-bond acceptors (Lipinski definition) is 6. The lowest BCUT2D eigenvalue weighted by Crippen LogP contribution is -2.58. The first-order valence-electron chi connectivity index (χ1n) is 14.1. The third kappa shape index (κ3) is 10.1. The molecule has 2 aliphatic rings. The zero-order valence-corrected chi connectivity index (χ0v) is 26.8. The van der Waals surface area contributed by atoms with Gasteiger partial charge in [0.1, 0.15) is 5.75 Å². The van der Waals surface area contributed by atoms with E-state index >= 15 is 0 Å². The highest BCUT2D eigenvalue weighted by atomic mass is 35.5. The smallest absolute Gasteiger partial charge is 0.416 e. The number of morpholine rings is 1. The number of rotatable bonds is 8. The first-order chi connectivity index (χ1) is 20.2. The van der Waals surface area contributed by atoms with E-state index in [1.54, 1.807) is 32.2 Å². The molecule has 4 rings (SSSR count). The topological polar surface area (TPSA) is 65.5 Å². The number of alkyl halides is 6. The van der Waals surface area contributed by atoms with Crippen molar-refractivity contribution in [3.8, 4) is 5.75 Å². The van der Waals surface area contributed by atoms with Gasteiger partial charge in [-0.15, -0.1) is 24.8 Å². The largest absolute Gasteiger partial charge is 0.508 e. The summed E-state index contributed by atoms with van der Waals surface area (Å²) in [6.07, 6.45) is -9.92. The first kappa shape index (κ1) is 38.9. The lowest BCUT2D eigenvalue weighted by Gasteiger charge is -2.43. The number of phenols is 1. The number of methoxy groups -OCH3 is 1. The van der Waals surface area contributed by atoms with Gasteiger partial charge in [0.25, 0.3) is 5.91 Å². The van der Waals surface area contributed by atoms with Crippen LogP contribution in [0.25, 0.3) is 0 Å². The van der Waals surface area contributed by atoms with Crippen LogP contribution >= 0.6 is 24.8 Å². The number of piperazine rings is 1. The summed E-state index contributed by atoms with van der Waals surface area (Å²) in [4.78, 5) is 19.4. The van der Waals surface area contributed by atoms with E-state index in [9.17, 15) is 36.2 Å². The number of amides is 1. The van der Waals surface area contributed by atoms with Gasteiger partial charge in [-0.2, -0.15) is 26.3 Å². The van der Waals surface area contributed by atoms with Crippen molar-refractivity contribution >= 4 is 30.7 Å². The molecule has 45 heavy (non-hydrogen) atoms. The Balaban J connectivity index is 0.00000353. The maximum absolute atomic E-state index is 13.6. The van der Waals surface area contributed by atoms with E-state index < -0.39 is 41.0 Å². The second kappa shape index (κ2) is 16.0. The molecule has 2 aromatic carbocycles. The van der Waals surface area contributed by atoms with Crippen LogP contribution in [-0.4, -0.2) is 103 Å². The van der Waals surface area contributed by atoms with Gasteiger partial charge in [-0.25, -0.2) is 0 Å². The van der Waals surface area contributed by atoms with E-state index in [0.29, 0.717) is 69.2 Å². The van der Waals surface area contributed by atoms with Gasteiger partial charge in [0.05, 0.1) is 30.4 Å². The molecule has 2 saturated heterocycles. The molecule has 15 heteroatoms. The number of aromatic hydroxyl groups is 1. The van der Waals surface area contributed by atoms with Gasteiger partial charge in [0.15, 0.2) is 0 Å². The van der Waals surface area contributed by atoms with Crippen LogP contribution in [0.1, 0.15) is 39.5 Å². The van der Waals surface area contributed by atoms with E-state index in [0.717, 1.165) is 0 Å². The number of halogens is 8. The molecule has 1 amide bonds. The molecule has 2 heterocycles. The molecule has 0 bridgehead atoms. The summed E-state index contributed by atoms with van der Waals surface area (Å²) in [5.41, 5.74) is -2.39. The molecule has 0 radical (unpaired) electrons. The molecule has 2 fully saturated rings. The van der Waals surface area contributed by atoms with Gasteiger partial charge in [-0.3, -0.25) is 14.6 Å². The van der Waals surface area contributed by atoms with Crippen molar-refractivity contribution in [2.45, 2.75) is 50.8 Å². The van der Waals surface area contributed by atoms with Crippen LogP contribution in [0.5, 0.6) is 5.75 Å². The lowest BCUT2D eigenvalue weighted by molar-refractivity contribution is -0.143. The van der Waals surface area contributed by atoms with Crippen molar-refractivity contribution in [1.82, 2.24) is 14.7 Å². The minimum absolute atomic E-state index is 0. The highest BCUT2D eigenvalue weighted by Gasteiger charge is 2.39. The second-order valence-corrected chi connectivity index (χ2v) is 11.3. The van der Waals surface area contributed by atoms with Crippen molar-refractivity contribution in [3.63, 3.8) is 0 Å². The Morgan fingerprint density at radius 3 is 2.20 bits per heavy atom. The second-order valence-electron chi connectivity index (χ2n) is 11.3. The van der Waals surface area contributed by atoms with Crippen LogP contribution in [0.3, 0.4) is 0 Å².